The van der Waals surface area contributed by atoms with Gasteiger partial charge in [-0.3, -0.25) is 0 Å². The number of phenolic OH excluding ortho intramolecular Hbond substituents is 2. The molecule has 0 unspecified atom stereocenters. The number of aromatic hydroxyl groups is 2. The zero-order valence-electron chi connectivity index (χ0n) is 11.2. The SMILES string of the molecule is O=S(=O)([O-])c1cc(O)cc(/C=C/c2ccc(O)cc2)c1.[Na+]. The molecule has 21 heavy (non-hydrogen) atoms. The van der Waals surface area contributed by atoms with Crippen molar-refractivity contribution in [1.29, 1.82) is 0 Å². The zero-order valence-corrected chi connectivity index (χ0v) is 14.0. The van der Waals surface area contributed by atoms with Gasteiger partial charge in [-0.25, -0.2) is 8.42 Å². The summed E-state index contributed by atoms with van der Waals surface area (Å²) < 4.78 is 32.8. The Balaban J connectivity index is 0.00000220. The van der Waals surface area contributed by atoms with E-state index >= 15 is 0 Å². The van der Waals surface area contributed by atoms with Crippen molar-refractivity contribution in [3.63, 3.8) is 0 Å². The first-order valence-electron chi connectivity index (χ1n) is 5.62. The van der Waals surface area contributed by atoms with E-state index in [4.69, 9.17) is 5.11 Å². The summed E-state index contributed by atoms with van der Waals surface area (Å²) in [6, 6.07) is 9.77. The van der Waals surface area contributed by atoms with Crippen LogP contribution in [-0.4, -0.2) is 23.2 Å². The molecule has 0 fully saturated rings. The van der Waals surface area contributed by atoms with Gasteiger partial charge in [0.25, 0.3) is 0 Å². The standard InChI is InChI=1S/C14H12O5S.Na/c15-12-5-3-10(4-6-12)1-2-11-7-13(16)9-14(8-11)20(17,18)19;/h1-9,15-16H,(H,17,18,19);/q;+1/p-1/b2-1+;. The fourth-order valence-electron chi connectivity index (χ4n) is 1.62. The Morgan fingerprint density at radius 3 is 2.00 bits per heavy atom. The molecular formula is C14H11NaO5S. The molecule has 0 aliphatic carbocycles. The minimum atomic E-state index is -4.61. The maximum Gasteiger partial charge on any atom is 1.00 e. The van der Waals surface area contributed by atoms with Crippen molar-refractivity contribution in [3.8, 4) is 11.5 Å². The Labute approximate surface area is 144 Å². The van der Waals surface area contributed by atoms with Crippen LogP contribution in [0.1, 0.15) is 11.1 Å². The Morgan fingerprint density at radius 2 is 1.43 bits per heavy atom. The molecule has 2 rings (SSSR count). The Kier molecular flexibility index (Phi) is 6.00. The van der Waals surface area contributed by atoms with Gasteiger partial charge >= 0.3 is 29.6 Å². The van der Waals surface area contributed by atoms with Crippen LogP contribution in [0, 0.1) is 0 Å². The first-order chi connectivity index (χ1) is 9.34. The van der Waals surface area contributed by atoms with Crippen molar-refractivity contribution >= 4 is 22.3 Å². The summed E-state index contributed by atoms with van der Waals surface area (Å²) in [5.74, 6) is -0.161. The minimum absolute atomic E-state index is 0. The van der Waals surface area contributed by atoms with Crippen LogP contribution in [0.25, 0.3) is 12.2 Å². The molecule has 0 atom stereocenters. The summed E-state index contributed by atoms with van der Waals surface area (Å²) in [5, 5.41) is 18.6. The summed E-state index contributed by atoms with van der Waals surface area (Å²) in [6.07, 6.45) is 3.22. The molecule has 2 N–H and O–H groups in total. The van der Waals surface area contributed by atoms with Crippen molar-refractivity contribution < 1.29 is 52.7 Å². The van der Waals surface area contributed by atoms with E-state index in [0.29, 0.717) is 5.56 Å². The van der Waals surface area contributed by atoms with Crippen LogP contribution >= 0.6 is 0 Å². The second-order valence-electron chi connectivity index (χ2n) is 4.14. The molecule has 104 valence electrons. The van der Waals surface area contributed by atoms with Crippen LogP contribution in [0.15, 0.2) is 47.4 Å². The van der Waals surface area contributed by atoms with Gasteiger partial charge in [0, 0.05) is 0 Å². The van der Waals surface area contributed by atoms with E-state index in [-0.39, 0.29) is 41.1 Å². The van der Waals surface area contributed by atoms with Crippen LogP contribution in [0.4, 0.5) is 0 Å². The maximum atomic E-state index is 10.9. The van der Waals surface area contributed by atoms with Crippen molar-refractivity contribution in [2.45, 2.75) is 4.90 Å². The second-order valence-corrected chi connectivity index (χ2v) is 5.52. The normalized spacial score (nSPS) is 11.3. The van der Waals surface area contributed by atoms with Gasteiger partial charge in [-0.1, -0.05) is 24.3 Å². The Morgan fingerprint density at radius 1 is 0.857 bits per heavy atom. The first-order valence-corrected chi connectivity index (χ1v) is 7.02. The van der Waals surface area contributed by atoms with Gasteiger partial charge in [-0.2, -0.15) is 0 Å². The Hall–Kier alpha value is -1.31. The second kappa shape index (κ2) is 7.11. The molecule has 7 heteroatoms. The largest absolute Gasteiger partial charge is 1.00 e. The van der Waals surface area contributed by atoms with E-state index in [1.54, 1.807) is 24.3 Å². The quantitative estimate of drug-likeness (QED) is 0.438. The molecule has 0 aliphatic rings. The molecule has 0 aliphatic heterocycles. The molecule has 0 saturated heterocycles. The molecule has 2 aromatic carbocycles. The molecule has 0 radical (unpaired) electrons. The van der Waals surface area contributed by atoms with Crippen molar-refractivity contribution in [1.82, 2.24) is 0 Å². The third kappa shape index (κ3) is 5.18. The predicted octanol–water partition coefficient (Wildman–Crippen LogP) is -0.824. The average molecular weight is 314 g/mol. The summed E-state index contributed by atoms with van der Waals surface area (Å²) in [7, 11) is -4.61. The summed E-state index contributed by atoms with van der Waals surface area (Å²) in [6.45, 7) is 0. The number of hydrogen-bond donors (Lipinski definition) is 2. The third-order valence-corrected chi connectivity index (χ3v) is 3.38. The van der Waals surface area contributed by atoms with Gasteiger partial charge in [0.1, 0.15) is 21.6 Å². The molecule has 0 bridgehead atoms. The van der Waals surface area contributed by atoms with Gasteiger partial charge in [0.15, 0.2) is 0 Å². The van der Waals surface area contributed by atoms with Gasteiger partial charge in [-0.05, 0) is 41.5 Å². The minimum Gasteiger partial charge on any atom is -0.744 e. The number of phenols is 2. The fourth-order valence-corrected chi connectivity index (χ4v) is 2.17. The number of rotatable bonds is 3. The van der Waals surface area contributed by atoms with Gasteiger partial charge in [0.05, 0.1) is 4.90 Å². The molecule has 0 spiro atoms. The summed E-state index contributed by atoms with van der Waals surface area (Å²) in [5.41, 5.74) is 1.16. The van der Waals surface area contributed by atoms with Crippen LogP contribution in [0.5, 0.6) is 11.5 Å². The van der Waals surface area contributed by atoms with E-state index in [2.05, 4.69) is 0 Å². The zero-order chi connectivity index (χ0) is 14.8. The smallest absolute Gasteiger partial charge is 0.744 e. The molecule has 0 aromatic heterocycles. The van der Waals surface area contributed by atoms with E-state index in [1.165, 1.54) is 24.3 Å². The van der Waals surface area contributed by atoms with E-state index in [1.807, 2.05) is 0 Å². The van der Waals surface area contributed by atoms with E-state index < -0.39 is 15.0 Å². The number of hydrogen-bond acceptors (Lipinski definition) is 5. The molecule has 5 nitrogen and oxygen atoms in total. The van der Waals surface area contributed by atoms with E-state index in [0.717, 1.165) is 11.6 Å². The van der Waals surface area contributed by atoms with Crippen LogP contribution in [0.3, 0.4) is 0 Å². The topological polar surface area (TPSA) is 97.7 Å². The van der Waals surface area contributed by atoms with Crippen LogP contribution in [-0.2, 0) is 10.1 Å². The molecule has 0 heterocycles. The summed E-state index contributed by atoms with van der Waals surface area (Å²) >= 11 is 0. The van der Waals surface area contributed by atoms with Crippen molar-refractivity contribution in [3.05, 3.63) is 53.6 Å². The van der Waals surface area contributed by atoms with Crippen LogP contribution < -0.4 is 29.6 Å². The first kappa shape index (κ1) is 17.7. The monoisotopic (exact) mass is 314 g/mol. The van der Waals surface area contributed by atoms with E-state index in [9.17, 15) is 18.1 Å². The molecule has 0 amide bonds. The van der Waals surface area contributed by atoms with Gasteiger partial charge in [-0.15, -0.1) is 0 Å². The summed E-state index contributed by atoms with van der Waals surface area (Å²) in [4.78, 5) is -0.483. The predicted molar refractivity (Wildman–Crippen MR) is 73.1 cm³/mol. The molecule has 0 saturated carbocycles. The van der Waals surface area contributed by atoms with Gasteiger partial charge < -0.3 is 14.8 Å². The molecule has 2 aromatic rings. The van der Waals surface area contributed by atoms with Crippen molar-refractivity contribution in [2.75, 3.05) is 0 Å². The Bertz CT molecular complexity index is 751. The van der Waals surface area contributed by atoms with Crippen LogP contribution in [0.2, 0.25) is 0 Å². The fraction of sp³-hybridized carbons (Fsp3) is 0. The number of benzene rings is 2. The third-order valence-electron chi connectivity index (χ3n) is 2.56. The van der Waals surface area contributed by atoms with Gasteiger partial charge in [0.2, 0.25) is 0 Å². The van der Waals surface area contributed by atoms with Crippen molar-refractivity contribution in [2.24, 2.45) is 0 Å². The average Bonchev–Trinajstić information content (AvgIpc) is 2.36. The molecular weight excluding hydrogens is 303 g/mol. The maximum absolute atomic E-state index is 10.9.